The molecule has 138 valence electrons. The van der Waals surface area contributed by atoms with Crippen LogP contribution in [0.2, 0.25) is 15.1 Å². The number of carbonyl (C=O) groups excluding carboxylic acids is 1. The fraction of sp³-hybridized carbons (Fsp3) is 0.278. The van der Waals surface area contributed by atoms with Gasteiger partial charge in [0, 0.05) is 15.7 Å². The van der Waals surface area contributed by atoms with E-state index in [4.69, 9.17) is 34.8 Å². The van der Waals surface area contributed by atoms with Crippen molar-refractivity contribution in [3.63, 3.8) is 0 Å². The number of anilines is 1. The van der Waals surface area contributed by atoms with Gasteiger partial charge >= 0.3 is 0 Å². The number of carbonyl (C=O) groups is 1. The van der Waals surface area contributed by atoms with Gasteiger partial charge in [-0.2, -0.15) is 0 Å². The van der Waals surface area contributed by atoms with E-state index in [2.05, 4.69) is 0 Å². The molecule has 0 aromatic heterocycles. The van der Waals surface area contributed by atoms with E-state index in [1.807, 2.05) is 0 Å². The lowest BCUT2D eigenvalue weighted by Gasteiger charge is -2.30. The molecule has 2 aromatic rings. The number of halogens is 3. The van der Waals surface area contributed by atoms with Crippen LogP contribution in [0.5, 0.6) is 0 Å². The fourth-order valence-electron chi connectivity index (χ4n) is 3.10. The maximum atomic E-state index is 13.3. The zero-order valence-corrected chi connectivity index (χ0v) is 17.0. The third kappa shape index (κ3) is 3.86. The van der Waals surface area contributed by atoms with Crippen LogP contribution < -0.4 is 4.90 Å². The predicted molar refractivity (Wildman–Crippen MR) is 107 cm³/mol. The minimum absolute atomic E-state index is 0.0510. The Morgan fingerprint density at radius 2 is 1.85 bits per heavy atom. The third-order valence-corrected chi connectivity index (χ3v) is 7.16. The molecule has 0 aliphatic carbocycles. The maximum absolute atomic E-state index is 13.3. The van der Waals surface area contributed by atoms with Crippen molar-refractivity contribution in [3.05, 3.63) is 62.6 Å². The van der Waals surface area contributed by atoms with Gasteiger partial charge in [-0.1, -0.05) is 40.9 Å². The molecule has 2 aromatic carbocycles. The summed E-state index contributed by atoms with van der Waals surface area (Å²) in [6.07, 6.45) is 0.366. The van der Waals surface area contributed by atoms with E-state index in [9.17, 15) is 13.2 Å². The number of benzene rings is 2. The van der Waals surface area contributed by atoms with Crippen LogP contribution in [0.4, 0.5) is 5.69 Å². The average Bonchev–Trinajstić information content (AvgIpc) is 2.91. The van der Waals surface area contributed by atoms with Gasteiger partial charge in [0.15, 0.2) is 9.84 Å². The molecule has 4 nitrogen and oxygen atoms in total. The lowest BCUT2D eigenvalue weighted by atomic mass is 10.1. The smallest absolute Gasteiger partial charge is 0.260 e. The minimum Gasteiger partial charge on any atom is -0.304 e. The number of nitrogens with zero attached hydrogens (tertiary/aromatic N) is 1. The SMILES string of the molecule is Cc1c(Cl)cccc1N(C(=O)c1ccc(Cl)cc1Cl)C1CCS(=O)(=O)C1. The molecule has 1 aliphatic rings. The number of amides is 1. The predicted octanol–water partition coefficient (Wildman–Crippen LogP) is 4.79. The standard InChI is InChI=1S/C18H16Cl3NO3S/c1-11-15(20)3-2-4-17(11)22(13-7-8-26(24,25)10-13)18(23)14-6-5-12(19)9-16(14)21/h2-6,9,13H,7-8,10H2,1H3. The molecule has 1 unspecified atom stereocenters. The van der Waals surface area contributed by atoms with Crippen LogP contribution in [0.3, 0.4) is 0 Å². The van der Waals surface area contributed by atoms with Gasteiger partial charge < -0.3 is 4.90 Å². The lowest BCUT2D eigenvalue weighted by molar-refractivity contribution is 0.0979. The quantitative estimate of drug-likeness (QED) is 0.701. The molecular formula is C18H16Cl3NO3S. The molecule has 0 bridgehead atoms. The summed E-state index contributed by atoms with van der Waals surface area (Å²) < 4.78 is 24.0. The molecule has 1 heterocycles. The van der Waals surface area contributed by atoms with Gasteiger partial charge in [0.05, 0.1) is 28.1 Å². The molecule has 3 rings (SSSR count). The molecule has 1 aliphatic heterocycles. The second-order valence-electron chi connectivity index (χ2n) is 6.24. The Bertz CT molecular complexity index is 976. The molecular weight excluding hydrogens is 417 g/mol. The number of hydrogen-bond acceptors (Lipinski definition) is 3. The third-order valence-electron chi connectivity index (χ3n) is 4.45. The molecule has 0 saturated carbocycles. The van der Waals surface area contributed by atoms with Crippen LogP contribution in [-0.4, -0.2) is 31.9 Å². The van der Waals surface area contributed by atoms with Crippen molar-refractivity contribution in [2.24, 2.45) is 0 Å². The van der Waals surface area contributed by atoms with E-state index < -0.39 is 15.9 Å². The van der Waals surface area contributed by atoms with Crippen molar-refractivity contribution in [2.75, 3.05) is 16.4 Å². The summed E-state index contributed by atoms with van der Waals surface area (Å²) in [7, 11) is -3.18. The van der Waals surface area contributed by atoms with E-state index in [0.717, 1.165) is 0 Å². The fourth-order valence-corrected chi connectivity index (χ4v) is 5.46. The Morgan fingerprint density at radius 1 is 1.12 bits per heavy atom. The summed E-state index contributed by atoms with van der Waals surface area (Å²) in [5, 5.41) is 1.14. The first kappa shape index (κ1) is 19.5. The molecule has 1 fully saturated rings. The zero-order valence-electron chi connectivity index (χ0n) is 13.9. The van der Waals surface area contributed by atoms with Crippen LogP contribution in [0.1, 0.15) is 22.3 Å². The first-order valence-corrected chi connectivity index (χ1v) is 10.9. The largest absolute Gasteiger partial charge is 0.304 e. The van der Waals surface area contributed by atoms with Crippen LogP contribution >= 0.6 is 34.8 Å². The van der Waals surface area contributed by atoms with Gasteiger partial charge in [-0.25, -0.2) is 8.42 Å². The van der Waals surface area contributed by atoms with Crippen molar-refractivity contribution in [3.8, 4) is 0 Å². The molecule has 0 radical (unpaired) electrons. The van der Waals surface area contributed by atoms with Crippen molar-refractivity contribution >= 4 is 56.2 Å². The highest BCUT2D eigenvalue weighted by Gasteiger charge is 2.37. The summed E-state index contributed by atoms with van der Waals surface area (Å²) in [6, 6.07) is 9.36. The molecule has 0 N–H and O–H groups in total. The first-order valence-electron chi connectivity index (χ1n) is 7.94. The highest BCUT2D eigenvalue weighted by Crippen LogP contribution is 2.33. The van der Waals surface area contributed by atoms with Crippen LogP contribution in [0.15, 0.2) is 36.4 Å². The Kier molecular flexibility index (Phi) is 5.54. The normalized spacial score (nSPS) is 18.7. The Hall–Kier alpha value is -1.27. The summed E-state index contributed by atoms with van der Waals surface area (Å²) in [5.74, 6) is -0.412. The number of hydrogen-bond donors (Lipinski definition) is 0. The Labute approximate surface area is 167 Å². The second kappa shape index (κ2) is 7.39. The maximum Gasteiger partial charge on any atom is 0.260 e. The van der Waals surface area contributed by atoms with Gasteiger partial charge in [0.1, 0.15) is 0 Å². The summed E-state index contributed by atoms with van der Waals surface area (Å²) in [4.78, 5) is 14.8. The zero-order chi connectivity index (χ0) is 19.1. The summed E-state index contributed by atoms with van der Waals surface area (Å²) in [6.45, 7) is 1.80. The van der Waals surface area contributed by atoms with E-state index in [-0.39, 0.29) is 28.0 Å². The highest BCUT2D eigenvalue weighted by molar-refractivity contribution is 7.91. The molecule has 1 saturated heterocycles. The van der Waals surface area contributed by atoms with Crippen molar-refractivity contribution in [1.29, 1.82) is 0 Å². The average molecular weight is 433 g/mol. The van der Waals surface area contributed by atoms with Gasteiger partial charge in [0.2, 0.25) is 0 Å². The number of sulfone groups is 1. The molecule has 1 amide bonds. The molecule has 8 heteroatoms. The minimum atomic E-state index is -3.18. The van der Waals surface area contributed by atoms with E-state index in [1.165, 1.54) is 11.0 Å². The van der Waals surface area contributed by atoms with E-state index in [0.29, 0.717) is 27.7 Å². The van der Waals surface area contributed by atoms with E-state index in [1.54, 1.807) is 37.3 Å². The Morgan fingerprint density at radius 3 is 2.46 bits per heavy atom. The topological polar surface area (TPSA) is 54.5 Å². The molecule has 1 atom stereocenters. The van der Waals surface area contributed by atoms with Gasteiger partial charge in [0.25, 0.3) is 5.91 Å². The second-order valence-corrected chi connectivity index (χ2v) is 9.72. The summed E-state index contributed by atoms with van der Waals surface area (Å²) >= 11 is 18.4. The molecule has 0 spiro atoms. The van der Waals surface area contributed by atoms with Crippen LogP contribution in [0, 0.1) is 6.92 Å². The van der Waals surface area contributed by atoms with E-state index >= 15 is 0 Å². The van der Waals surface area contributed by atoms with Crippen LogP contribution in [-0.2, 0) is 9.84 Å². The monoisotopic (exact) mass is 431 g/mol. The Balaban J connectivity index is 2.11. The molecule has 26 heavy (non-hydrogen) atoms. The van der Waals surface area contributed by atoms with Gasteiger partial charge in [-0.3, -0.25) is 4.79 Å². The van der Waals surface area contributed by atoms with Crippen LogP contribution in [0.25, 0.3) is 0 Å². The first-order chi connectivity index (χ1) is 12.2. The lowest BCUT2D eigenvalue weighted by Crippen LogP contribution is -2.42. The van der Waals surface area contributed by atoms with Gasteiger partial charge in [-0.15, -0.1) is 0 Å². The van der Waals surface area contributed by atoms with Crippen molar-refractivity contribution < 1.29 is 13.2 Å². The number of rotatable bonds is 3. The van der Waals surface area contributed by atoms with Crippen molar-refractivity contribution in [2.45, 2.75) is 19.4 Å². The van der Waals surface area contributed by atoms with Gasteiger partial charge in [-0.05, 0) is 49.2 Å². The summed E-state index contributed by atoms with van der Waals surface area (Å²) in [5.41, 5.74) is 1.55. The highest BCUT2D eigenvalue weighted by atomic mass is 35.5. The van der Waals surface area contributed by atoms with Crippen molar-refractivity contribution in [1.82, 2.24) is 0 Å².